The number of thiazole rings is 1. The van der Waals surface area contributed by atoms with Gasteiger partial charge in [0, 0.05) is 12.6 Å². The van der Waals surface area contributed by atoms with Gasteiger partial charge < -0.3 is 15.4 Å². The molecule has 1 aliphatic heterocycles. The van der Waals surface area contributed by atoms with Crippen LogP contribution < -0.4 is 10.6 Å². The Hall–Kier alpha value is -1.45. The molecule has 0 spiro atoms. The summed E-state index contributed by atoms with van der Waals surface area (Å²) in [4.78, 5) is 18.0. The maximum Gasteiger partial charge on any atom is 0.269 e. The lowest BCUT2D eigenvalue weighted by molar-refractivity contribution is -0.0394. The van der Waals surface area contributed by atoms with E-state index in [2.05, 4.69) is 30.9 Å². The topological polar surface area (TPSA) is 86.3 Å². The standard InChI is InChI=1S/C15H18BrN5O2S/c16-13-12(14(17)22)19-15(24-13)21(9-4-5-9)10-7-18-20(8-10)11-3-1-2-6-23-11/h7-9,11H,1-6H2,(H2,17,22). The van der Waals surface area contributed by atoms with Gasteiger partial charge in [-0.15, -0.1) is 0 Å². The van der Waals surface area contributed by atoms with Crippen molar-refractivity contribution in [3.63, 3.8) is 0 Å². The van der Waals surface area contributed by atoms with Gasteiger partial charge in [0.15, 0.2) is 10.8 Å². The normalized spacial score (nSPS) is 21.0. The van der Waals surface area contributed by atoms with Crippen molar-refractivity contribution < 1.29 is 9.53 Å². The van der Waals surface area contributed by atoms with Crippen LogP contribution in [0.3, 0.4) is 0 Å². The van der Waals surface area contributed by atoms with Crippen LogP contribution in [0.2, 0.25) is 0 Å². The van der Waals surface area contributed by atoms with Gasteiger partial charge in [-0.05, 0) is 48.0 Å². The van der Waals surface area contributed by atoms with Crippen LogP contribution in [0.1, 0.15) is 48.8 Å². The molecule has 9 heteroatoms. The zero-order chi connectivity index (χ0) is 16.7. The average molecular weight is 412 g/mol. The number of primary amides is 1. The lowest BCUT2D eigenvalue weighted by Crippen LogP contribution is -2.20. The van der Waals surface area contributed by atoms with E-state index in [-0.39, 0.29) is 11.9 Å². The molecule has 1 atom stereocenters. The molecular formula is C15H18BrN5O2S. The Morgan fingerprint density at radius 3 is 2.88 bits per heavy atom. The molecule has 2 N–H and O–H groups in total. The van der Waals surface area contributed by atoms with Crippen LogP contribution in [0.15, 0.2) is 16.2 Å². The van der Waals surface area contributed by atoms with Crippen molar-refractivity contribution in [1.82, 2.24) is 14.8 Å². The molecule has 1 aliphatic carbocycles. The van der Waals surface area contributed by atoms with Gasteiger partial charge in [0.2, 0.25) is 0 Å². The molecule has 1 unspecified atom stereocenters. The van der Waals surface area contributed by atoms with Crippen molar-refractivity contribution >= 4 is 44.0 Å². The Morgan fingerprint density at radius 1 is 1.42 bits per heavy atom. The highest BCUT2D eigenvalue weighted by molar-refractivity contribution is 9.11. The van der Waals surface area contributed by atoms with Crippen LogP contribution in [0, 0.1) is 0 Å². The van der Waals surface area contributed by atoms with E-state index in [1.54, 1.807) is 0 Å². The molecule has 128 valence electrons. The molecule has 2 aromatic heterocycles. The fourth-order valence-electron chi connectivity index (χ4n) is 2.90. The highest BCUT2D eigenvalue weighted by Crippen LogP contribution is 2.42. The Kier molecular flexibility index (Phi) is 4.31. The van der Waals surface area contributed by atoms with E-state index in [4.69, 9.17) is 10.5 Å². The molecule has 1 amide bonds. The zero-order valence-corrected chi connectivity index (χ0v) is 15.4. The van der Waals surface area contributed by atoms with Crippen LogP contribution in [0.4, 0.5) is 10.8 Å². The van der Waals surface area contributed by atoms with Gasteiger partial charge in [0.05, 0.1) is 18.1 Å². The fourth-order valence-corrected chi connectivity index (χ4v) is 4.51. The number of halogens is 1. The highest BCUT2D eigenvalue weighted by Gasteiger charge is 2.34. The molecule has 2 aromatic rings. The number of aromatic nitrogens is 3. The molecule has 1 saturated heterocycles. The molecule has 0 radical (unpaired) electrons. The molecule has 7 nitrogen and oxygen atoms in total. The van der Waals surface area contributed by atoms with Gasteiger partial charge in [0.1, 0.15) is 10.0 Å². The summed E-state index contributed by atoms with van der Waals surface area (Å²) in [5, 5.41) is 5.25. The molecule has 24 heavy (non-hydrogen) atoms. The predicted octanol–water partition coefficient (Wildman–Crippen LogP) is 3.20. The third-order valence-electron chi connectivity index (χ3n) is 4.24. The lowest BCUT2D eigenvalue weighted by Gasteiger charge is -2.23. The number of hydrogen-bond donors (Lipinski definition) is 1. The monoisotopic (exact) mass is 411 g/mol. The van der Waals surface area contributed by atoms with Gasteiger partial charge >= 0.3 is 0 Å². The molecule has 1 saturated carbocycles. The molecule has 2 fully saturated rings. The van der Waals surface area contributed by atoms with E-state index in [9.17, 15) is 4.79 Å². The first-order valence-corrected chi connectivity index (χ1v) is 9.65. The van der Waals surface area contributed by atoms with Crippen molar-refractivity contribution in [2.75, 3.05) is 11.5 Å². The van der Waals surface area contributed by atoms with Crippen molar-refractivity contribution in [2.24, 2.45) is 5.73 Å². The Morgan fingerprint density at radius 2 is 2.25 bits per heavy atom. The maximum absolute atomic E-state index is 11.5. The van der Waals surface area contributed by atoms with Gasteiger partial charge in [0.25, 0.3) is 5.91 Å². The van der Waals surface area contributed by atoms with E-state index in [0.717, 1.165) is 49.5 Å². The second-order valence-corrected chi connectivity index (χ2v) is 8.38. The highest BCUT2D eigenvalue weighted by atomic mass is 79.9. The van der Waals surface area contributed by atoms with Crippen LogP contribution in [0.25, 0.3) is 0 Å². The van der Waals surface area contributed by atoms with Crippen LogP contribution in [0.5, 0.6) is 0 Å². The summed E-state index contributed by atoms with van der Waals surface area (Å²) in [5.74, 6) is -0.522. The van der Waals surface area contributed by atoms with Crippen molar-refractivity contribution in [3.8, 4) is 0 Å². The summed E-state index contributed by atoms with van der Waals surface area (Å²) in [6, 6.07) is 0.397. The SMILES string of the molecule is NC(=O)c1nc(N(c2cnn(C3CCCCO3)c2)C2CC2)sc1Br. The minimum absolute atomic E-state index is 0.0118. The first-order valence-electron chi connectivity index (χ1n) is 8.04. The molecule has 2 aliphatic rings. The van der Waals surface area contributed by atoms with E-state index >= 15 is 0 Å². The van der Waals surface area contributed by atoms with Crippen LogP contribution >= 0.6 is 27.3 Å². The summed E-state index contributed by atoms with van der Waals surface area (Å²) in [6.07, 6.45) is 9.33. The minimum atomic E-state index is -0.522. The summed E-state index contributed by atoms with van der Waals surface area (Å²) < 4.78 is 8.35. The predicted molar refractivity (Wildman–Crippen MR) is 94.6 cm³/mol. The second kappa shape index (κ2) is 6.45. The van der Waals surface area contributed by atoms with Crippen molar-refractivity contribution in [2.45, 2.75) is 44.4 Å². The Balaban J connectivity index is 1.63. The number of ether oxygens (including phenoxy) is 1. The minimum Gasteiger partial charge on any atom is -0.364 e. The van der Waals surface area contributed by atoms with Crippen LogP contribution in [-0.4, -0.2) is 33.3 Å². The van der Waals surface area contributed by atoms with E-state index in [1.165, 1.54) is 11.3 Å². The summed E-state index contributed by atoms with van der Waals surface area (Å²) in [6.45, 7) is 0.785. The van der Waals surface area contributed by atoms with Crippen molar-refractivity contribution in [1.29, 1.82) is 0 Å². The summed E-state index contributed by atoms with van der Waals surface area (Å²) in [7, 11) is 0. The zero-order valence-electron chi connectivity index (χ0n) is 13.0. The number of rotatable bonds is 5. The second-order valence-electron chi connectivity index (χ2n) is 6.08. The van der Waals surface area contributed by atoms with E-state index < -0.39 is 5.91 Å². The summed E-state index contributed by atoms with van der Waals surface area (Å²) >= 11 is 4.80. The number of nitrogens with two attached hydrogens (primary N) is 1. The van der Waals surface area contributed by atoms with Gasteiger partial charge in [-0.25, -0.2) is 9.67 Å². The van der Waals surface area contributed by atoms with Crippen LogP contribution in [-0.2, 0) is 4.74 Å². The number of anilines is 2. The largest absolute Gasteiger partial charge is 0.364 e. The van der Waals surface area contributed by atoms with E-state index in [1.807, 2.05) is 17.1 Å². The lowest BCUT2D eigenvalue weighted by atomic mass is 10.2. The third kappa shape index (κ3) is 3.07. The molecule has 0 bridgehead atoms. The first kappa shape index (κ1) is 16.0. The van der Waals surface area contributed by atoms with E-state index in [0.29, 0.717) is 9.83 Å². The third-order valence-corrected chi connectivity index (χ3v) is 5.95. The smallest absolute Gasteiger partial charge is 0.269 e. The quantitative estimate of drug-likeness (QED) is 0.815. The number of hydrogen-bond acceptors (Lipinski definition) is 6. The fraction of sp³-hybridized carbons (Fsp3) is 0.533. The molecular weight excluding hydrogens is 394 g/mol. The number of amides is 1. The van der Waals surface area contributed by atoms with Crippen molar-refractivity contribution in [3.05, 3.63) is 21.9 Å². The maximum atomic E-state index is 11.5. The Bertz CT molecular complexity index is 751. The molecule has 0 aromatic carbocycles. The Labute approximate surface area is 151 Å². The number of nitrogens with zero attached hydrogens (tertiary/aromatic N) is 4. The molecule has 3 heterocycles. The summed E-state index contributed by atoms with van der Waals surface area (Å²) in [5.41, 5.74) is 6.64. The molecule has 4 rings (SSSR count). The number of carbonyl (C=O) groups excluding carboxylic acids is 1. The van der Waals surface area contributed by atoms with Gasteiger partial charge in [-0.2, -0.15) is 5.10 Å². The van der Waals surface area contributed by atoms with Gasteiger partial charge in [-0.1, -0.05) is 11.3 Å². The van der Waals surface area contributed by atoms with Gasteiger partial charge in [-0.3, -0.25) is 4.79 Å². The first-order chi connectivity index (χ1) is 11.6. The average Bonchev–Trinajstić information content (AvgIpc) is 3.14. The number of carbonyl (C=O) groups is 1.